The van der Waals surface area contributed by atoms with Crippen molar-refractivity contribution in [2.45, 2.75) is 26.9 Å². The molecule has 49 heavy (non-hydrogen) atoms. The number of phenolic OH excluding ortho intramolecular Hbond substituents is 4. The molecule has 0 heterocycles. The molecule has 0 fully saturated rings. The Labute approximate surface area is 298 Å². The monoisotopic (exact) mass is 698 g/mol. The summed E-state index contributed by atoms with van der Waals surface area (Å²) in [7, 11) is 0. The lowest BCUT2D eigenvalue weighted by Crippen LogP contribution is -1.99. The van der Waals surface area contributed by atoms with Crippen molar-refractivity contribution in [3.05, 3.63) is 167 Å². The normalized spacial score (nSPS) is 9.92. The zero-order valence-corrected chi connectivity index (χ0v) is 27.6. The van der Waals surface area contributed by atoms with Crippen molar-refractivity contribution in [1.82, 2.24) is 0 Å². The molecular weight excluding hydrogens is 659 g/mol. The van der Waals surface area contributed by atoms with Crippen molar-refractivity contribution in [3.63, 3.8) is 0 Å². The zero-order valence-electron chi connectivity index (χ0n) is 26.0. The van der Waals surface area contributed by atoms with E-state index in [4.69, 9.17) is 32.7 Å². The minimum absolute atomic E-state index is 0. The second-order valence-electron chi connectivity index (χ2n) is 10.5. The van der Waals surface area contributed by atoms with Crippen LogP contribution in [0.15, 0.2) is 146 Å². The lowest BCUT2D eigenvalue weighted by molar-refractivity contribution is 0.304. The van der Waals surface area contributed by atoms with E-state index in [0.29, 0.717) is 29.5 Å². The quantitative estimate of drug-likeness (QED) is 0.112. The molecule has 4 N–H and O–H groups in total. The van der Waals surface area contributed by atoms with Crippen LogP contribution in [0.3, 0.4) is 0 Å². The topological polar surface area (TPSA) is 99.4 Å². The maximum atomic E-state index is 9.65. The van der Waals surface area contributed by atoms with Crippen LogP contribution in [0.4, 0.5) is 0 Å². The summed E-state index contributed by atoms with van der Waals surface area (Å²) >= 11 is 11.5. The van der Waals surface area contributed by atoms with Crippen LogP contribution in [-0.2, 0) is 13.0 Å². The number of phenols is 4. The number of rotatable bonds is 9. The molecule has 0 aliphatic heterocycles. The molecule has 0 radical (unpaired) electrons. The maximum Gasteiger partial charge on any atom is 0.137 e. The van der Waals surface area contributed by atoms with E-state index in [9.17, 15) is 20.4 Å². The van der Waals surface area contributed by atoms with Crippen LogP contribution in [0.25, 0.3) is 11.1 Å². The van der Waals surface area contributed by atoms with Gasteiger partial charge in [-0.3, -0.25) is 0 Å². The van der Waals surface area contributed by atoms with E-state index in [1.54, 1.807) is 36.4 Å². The Bertz CT molecular complexity index is 1830. The van der Waals surface area contributed by atoms with Gasteiger partial charge >= 0.3 is 0 Å². The average molecular weight is 700 g/mol. The number of hydrogen-bond acceptors (Lipinski definition) is 6. The van der Waals surface area contributed by atoms with E-state index in [0.717, 1.165) is 29.7 Å². The largest absolute Gasteiger partial charge is 0.508 e. The number of ether oxygens (including phenoxy) is 2. The van der Waals surface area contributed by atoms with E-state index < -0.39 is 0 Å². The van der Waals surface area contributed by atoms with E-state index in [2.05, 4.69) is 12.1 Å². The average Bonchev–Trinajstić information content (AvgIpc) is 3.11. The molecule has 0 atom stereocenters. The van der Waals surface area contributed by atoms with Gasteiger partial charge in [-0.15, -0.1) is 0 Å². The predicted octanol–water partition coefficient (Wildman–Crippen LogP) is 11.1. The Morgan fingerprint density at radius 3 is 1.71 bits per heavy atom. The van der Waals surface area contributed by atoms with Gasteiger partial charge in [-0.2, -0.15) is 0 Å². The van der Waals surface area contributed by atoms with Gasteiger partial charge < -0.3 is 29.9 Å². The van der Waals surface area contributed by atoms with Gasteiger partial charge in [0.05, 0.1) is 16.7 Å². The molecule has 254 valence electrons. The number of benzene rings is 6. The Morgan fingerprint density at radius 2 is 1.08 bits per heavy atom. The molecule has 0 aliphatic rings. The van der Waals surface area contributed by atoms with Crippen molar-refractivity contribution in [2.24, 2.45) is 0 Å². The van der Waals surface area contributed by atoms with Gasteiger partial charge in [-0.25, -0.2) is 0 Å². The summed E-state index contributed by atoms with van der Waals surface area (Å²) in [4.78, 5) is 0. The fourth-order valence-electron chi connectivity index (χ4n) is 4.41. The van der Waals surface area contributed by atoms with Crippen LogP contribution in [0, 0.1) is 0 Å². The number of hydrogen-bond donors (Lipinski definition) is 4. The van der Waals surface area contributed by atoms with Crippen LogP contribution >= 0.6 is 23.2 Å². The molecule has 6 aromatic rings. The van der Waals surface area contributed by atoms with Crippen LogP contribution < -0.4 is 9.47 Å². The molecule has 6 rings (SSSR count). The maximum absolute atomic E-state index is 9.65. The number of aryl methyl sites for hydroxylation is 1. The highest BCUT2D eigenvalue weighted by Gasteiger charge is 2.08. The molecule has 0 unspecified atom stereocenters. The SMILES string of the molecule is C.Oc1cc(O)c(-c2ccccc2)cc1Cl.Oc1cc(OCc2ccccc2)ccc1Cl.Oc1cccc(OCCCc2ccccc2)c1. The molecule has 0 amide bonds. The third kappa shape index (κ3) is 13.0. The van der Waals surface area contributed by atoms with Crippen molar-refractivity contribution >= 4 is 23.2 Å². The second kappa shape index (κ2) is 20.2. The Kier molecular flexibility index (Phi) is 15.7. The van der Waals surface area contributed by atoms with Crippen LogP contribution in [0.2, 0.25) is 10.0 Å². The number of halogens is 2. The fraction of sp³-hybridized carbons (Fsp3) is 0.122. The predicted molar refractivity (Wildman–Crippen MR) is 199 cm³/mol. The van der Waals surface area contributed by atoms with Gasteiger partial charge in [0.25, 0.3) is 0 Å². The van der Waals surface area contributed by atoms with E-state index >= 15 is 0 Å². The summed E-state index contributed by atoms with van der Waals surface area (Å²) < 4.78 is 11.1. The third-order valence-corrected chi connectivity index (χ3v) is 7.48. The van der Waals surface area contributed by atoms with Gasteiger partial charge in [0.1, 0.15) is 41.1 Å². The minimum atomic E-state index is -0.117. The first-order chi connectivity index (χ1) is 23.3. The summed E-state index contributed by atoms with van der Waals surface area (Å²) in [5.41, 5.74) is 3.87. The highest BCUT2D eigenvalue weighted by molar-refractivity contribution is 6.32. The highest BCUT2D eigenvalue weighted by Crippen LogP contribution is 2.37. The summed E-state index contributed by atoms with van der Waals surface area (Å²) in [6.45, 7) is 1.14. The van der Waals surface area contributed by atoms with E-state index in [-0.39, 0.29) is 35.4 Å². The van der Waals surface area contributed by atoms with Crippen LogP contribution in [0.5, 0.6) is 34.5 Å². The molecule has 0 spiro atoms. The first-order valence-electron chi connectivity index (χ1n) is 15.2. The van der Waals surface area contributed by atoms with Gasteiger partial charge in [-0.05, 0) is 59.9 Å². The van der Waals surface area contributed by atoms with Crippen molar-refractivity contribution in [3.8, 4) is 45.6 Å². The summed E-state index contributed by atoms with van der Waals surface area (Å²) in [5, 5.41) is 38.1. The van der Waals surface area contributed by atoms with Crippen molar-refractivity contribution in [2.75, 3.05) is 6.61 Å². The Balaban J connectivity index is 0.000000197. The zero-order chi connectivity index (χ0) is 34.1. The van der Waals surface area contributed by atoms with Crippen molar-refractivity contribution < 1.29 is 29.9 Å². The minimum Gasteiger partial charge on any atom is -0.508 e. The molecule has 0 saturated heterocycles. The Morgan fingerprint density at radius 1 is 0.490 bits per heavy atom. The third-order valence-electron chi connectivity index (χ3n) is 6.85. The highest BCUT2D eigenvalue weighted by atomic mass is 35.5. The second-order valence-corrected chi connectivity index (χ2v) is 11.3. The molecular formula is C41H40Cl2O6. The summed E-state index contributed by atoms with van der Waals surface area (Å²) in [5.74, 6) is 1.50. The standard InChI is InChI=1S/C15H16O2.C13H11ClO2.C12H9ClO2.CH4/c16-14-9-4-10-15(12-14)17-11-5-8-13-6-2-1-3-7-13;14-12-7-6-11(8-13(12)15)16-9-10-4-2-1-3-5-10;13-10-6-9(11(14)7-12(10)15)8-4-2-1-3-5-8;/h1-4,6-7,9-10,12,16H,5,8,11H2;1-8,15H,9H2;1-7,14-15H;1H4. The first kappa shape index (κ1) is 38.2. The van der Waals surface area contributed by atoms with Gasteiger partial charge in [0.15, 0.2) is 0 Å². The summed E-state index contributed by atoms with van der Waals surface area (Å²) in [6, 6.07) is 44.1. The summed E-state index contributed by atoms with van der Waals surface area (Å²) in [6.07, 6.45) is 1.99. The number of aromatic hydroxyl groups is 4. The van der Waals surface area contributed by atoms with Gasteiger partial charge in [0, 0.05) is 23.8 Å². The first-order valence-corrected chi connectivity index (χ1v) is 15.9. The molecule has 8 heteroatoms. The molecule has 0 aromatic heterocycles. The molecule has 6 nitrogen and oxygen atoms in total. The van der Waals surface area contributed by atoms with Gasteiger partial charge in [0.2, 0.25) is 0 Å². The lowest BCUT2D eigenvalue weighted by Gasteiger charge is -2.06. The van der Waals surface area contributed by atoms with Crippen LogP contribution in [-0.4, -0.2) is 27.0 Å². The van der Waals surface area contributed by atoms with E-state index in [1.165, 1.54) is 17.7 Å². The van der Waals surface area contributed by atoms with Gasteiger partial charge in [-0.1, -0.05) is 128 Å². The van der Waals surface area contributed by atoms with E-state index in [1.807, 2.05) is 84.9 Å². The van der Waals surface area contributed by atoms with Crippen LogP contribution in [0.1, 0.15) is 25.0 Å². The molecule has 0 bridgehead atoms. The molecule has 0 saturated carbocycles. The lowest BCUT2D eigenvalue weighted by atomic mass is 10.0. The smallest absolute Gasteiger partial charge is 0.137 e. The Hall–Kier alpha value is -5.30. The molecule has 0 aliphatic carbocycles. The van der Waals surface area contributed by atoms with Crippen molar-refractivity contribution in [1.29, 1.82) is 0 Å². The fourth-order valence-corrected chi connectivity index (χ4v) is 4.69. The molecule has 6 aromatic carbocycles.